The number of hydrogen-bond donors (Lipinski definition) is 0. The highest BCUT2D eigenvalue weighted by Gasteiger charge is 2.20. The van der Waals surface area contributed by atoms with Gasteiger partial charge >= 0.3 is 0 Å². The Morgan fingerprint density at radius 1 is 1.17 bits per heavy atom. The molecule has 0 aromatic heterocycles. The van der Waals surface area contributed by atoms with Crippen molar-refractivity contribution in [2.75, 3.05) is 34.8 Å². The number of ether oxygens (including phenoxy) is 1. The highest BCUT2D eigenvalue weighted by Crippen LogP contribution is 2.29. The van der Waals surface area contributed by atoms with Crippen LogP contribution in [0.25, 0.3) is 0 Å². The summed E-state index contributed by atoms with van der Waals surface area (Å²) in [6.07, 6.45) is 0.200. The van der Waals surface area contributed by atoms with Crippen molar-refractivity contribution in [2.45, 2.75) is 13.1 Å². The number of para-hydroxylation sites is 1. The van der Waals surface area contributed by atoms with Crippen LogP contribution in [-0.4, -0.2) is 44.6 Å². The van der Waals surface area contributed by atoms with Gasteiger partial charge in [-0.05, 0) is 46.8 Å². The van der Waals surface area contributed by atoms with E-state index in [1.807, 2.05) is 25.1 Å². The summed E-state index contributed by atoms with van der Waals surface area (Å²) in [6.45, 7) is 6.40. The quantitative estimate of drug-likeness (QED) is 0.569. The summed E-state index contributed by atoms with van der Waals surface area (Å²) in [4.78, 5) is 4.34. The maximum Gasteiger partial charge on any atom is 0.125 e. The van der Waals surface area contributed by atoms with Gasteiger partial charge in [-0.2, -0.15) is 0 Å². The molecule has 0 saturated carbocycles. The SMILES string of the molecule is C=C(C)COc1ccccc1C(N(C)C)N(C)C. The normalized spacial score (nSPS) is 11.3. The second-order valence-corrected chi connectivity index (χ2v) is 5.08. The van der Waals surface area contributed by atoms with E-state index in [0.29, 0.717) is 6.61 Å². The van der Waals surface area contributed by atoms with Gasteiger partial charge in [-0.3, -0.25) is 9.80 Å². The van der Waals surface area contributed by atoms with Crippen LogP contribution in [0.15, 0.2) is 36.4 Å². The fraction of sp³-hybridized carbons (Fsp3) is 0.467. The maximum atomic E-state index is 5.83. The highest BCUT2D eigenvalue weighted by atomic mass is 16.5. The summed E-state index contributed by atoms with van der Waals surface area (Å²) in [5.74, 6) is 0.924. The molecule has 1 aromatic rings. The van der Waals surface area contributed by atoms with Crippen molar-refractivity contribution in [2.24, 2.45) is 0 Å². The lowest BCUT2D eigenvalue weighted by Gasteiger charge is -2.32. The zero-order valence-electron chi connectivity index (χ0n) is 12.1. The topological polar surface area (TPSA) is 15.7 Å². The molecule has 0 radical (unpaired) electrons. The van der Waals surface area contributed by atoms with Crippen LogP contribution in [0.1, 0.15) is 18.7 Å². The number of nitrogens with zero attached hydrogens (tertiary/aromatic N) is 2. The van der Waals surface area contributed by atoms with E-state index in [4.69, 9.17) is 4.74 Å². The molecule has 1 rings (SSSR count). The van der Waals surface area contributed by atoms with E-state index in [-0.39, 0.29) is 6.17 Å². The van der Waals surface area contributed by atoms with Gasteiger partial charge in [-0.1, -0.05) is 24.8 Å². The molecule has 100 valence electrons. The van der Waals surface area contributed by atoms with Crippen molar-refractivity contribution in [1.82, 2.24) is 9.80 Å². The summed E-state index contributed by atoms with van der Waals surface area (Å²) >= 11 is 0. The molecule has 0 atom stereocenters. The third-order valence-electron chi connectivity index (χ3n) is 2.65. The van der Waals surface area contributed by atoms with Gasteiger partial charge in [0.15, 0.2) is 0 Å². The molecule has 0 saturated heterocycles. The average molecular weight is 248 g/mol. The van der Waals surface area contributed by atoms with Crippen LogP contribution in [0.5, 0.6) is 5.75 Å². The van der Waals surface area contributed by atoms with E-state index < -0.39 is 0 Å². The van der Waals surface area contributed by atoms with Gasteiger partial charge in [-0.25, -0.2) is 0 Å². The van der Waals surface area contributed by atoms with Gasteiger partial charge in [0.05, 0.1) is 6.17 Å². The molecule has 0 unspecified atom stereocenters. The predicted octanol–water partition coefficient (Wildman–Crippen LogP) is 2.76. The zero-order chi connectivity index (χ0) is 13.7. The molecule has 1 aromatic carbocycles. The number of hydrogen-bond acceptors (Lipinski definition) is 3. The Hall–Kier alpha value is -1.32. The molecule has 0 heterocycles. The molecule has 0 bridgehead atoms. The highest BCUT2D eigenvalue weighted by molar-refractivity contribution is 5.36. The summed E-state index contributed by atoms with van der Waals surface area (Å²) in [5, 5.41) is 0. The third-order valence-corrected chi connectivity index (χ3v) is 2.65. The van der Waals surface area contributed by atoms with Gasteiger partial charge in [0.25, 0.3) is 0 Å². The fourth-order valence-electron chi connectivity index (χ4n) is 2.04. The van der Waals surface area contributed by atoms with E-state index in [0.717, 1.165) is 11.3 Å². The first-order chi connectivity index (χ1) is 8.43. The first-order valence-electron chi connectivity index (χ1n) is 6.12. The lowest BCUT2D eigenvalue weighted by atomic mass is 10.1. The third kappa shape index (κ3) is 3.86. The summed E-state index contributed by atoms with van der Waals surface area (Å²) in [5.41, 5.74) is 2.20. The second kappa shape index (κ2) is 6.57. The first kappa shape index (κ1) is 14.7. The van der Waals surface area contributed by atoms with Gasteiger partial charge in [0.1, 0.15) is 12.4 Å². The summed E-state index contributed by atoms with van der Waals surface area (Å²) in [7, 11) is 8.28. The average Bonchev–Trinajstić information content (AvgIpc) is 2.26. The van der Waals surface area contributed by atoms with Crippen molar-refractivity contribution in [3.05, 3.63) is 42.0 Å². The van der Waals surface area contributed by atoms with Gasteiger partial charge in [0, 0.05) is 5.56 Å². The maximum absolute atomic E-state index is 5.83. The molecule has 0 aliphatic heterocycles. The summed E-state index contributed by atoms with van der Waals surface area (Å²) < 4.78 is 5.83. The minimum absolute atomic E-state index is 0.200. The second-order valence-electron chi connectivity index (χ2n) is 5.08. The van der Waals surface area contributed by atoms with Crippen molar-refractivity contribution in [3.63, 3.8) is 0 Å². The predicted molar refractivity (Wildman–Crippen MR) is 76.9 cm³/mol. The lowest BCUT2D eigenvalue weighted by molar-refractivity contribution is 0.127. The lowest BCUT2D eigenvalue weighted by Crippen LogP contribution is -2.32. The largest absolute Gasteiger partial charge is 0.489 e. The van der Waals surface area contributed by atoms with Gasteiger partial charge < -0.3 is 4.74 Å². The minimum atomic E-state index is 0.200. The van der Waals surface area contributed by atoms with E-state index >= 15 is 0 Å². The molecule has 3 nitrogen and oxygen atoms in total. The van der Waals surface area contributed by atoms with Crippen molar-refractivity contribution in [3.8, 4) is 5.75 Å². The van der Waals surface area contributed by atoms with Gasteiger partial charge in [-0.15, -0.1) is 0 Å². The molecule has 0 amide bonds. The standard InChI is InChI=1S/C15H24N2O/c1-12(2)11-18-14-10-8-7-9-13(14)15(16(3)4)17(5)6/h7-10,15H,1,11H2,2-6H3. The Balaban J connectivity index is 3.02. The molecule has 0 fully saturated rings. The van der Waals surface area contributed by atoms with Crippen LogP contribution in [0.2, 0.25) is 0 Å². The van der Waals surface area contributed by atoms with Crippen LogP contribution in [0.4, 0.5) is 0 Å². The monoisotopic (exact) mass is 248 g/mol. The molecule has 0 aliphatic carbocycles. The Kier molecular flexibility index (Phi) is 5.38. The first-order valence-corrected chi connectivity index (χ1v) is 6.12. The van der Waals surface area contributed by atoms with Crippen LogP contribution in [0, 0.1) is 0 Å². The molecule has 0 N–H and O–H groups in total. The van der Waals surface area contributed by atoms with E-state index in [9.17, 15) is 0 Å². The number of rotatable bonds is 6. The molecule has 3 heteroatoms. The Bertz CT molecular complexity index is 391. The smallest absolute Gasteiger partial charge is 0.125 e. The van der Waals surface area contributed by atoms with Crippen molar-refractivity contribution >= 4 is 0 Å². The van der Waals surface area contributed by atoms with Crippen LogP contribution in [0.3, 0.4) is 0 Å². The molecule has 0 aliphatic rings. The molecular weight excluding hydrogens is 224 g/mol. The van der Waals surface area contributed by atoms with Crippen molar-refractivity contribution in [1.29, 1.82) is 0 Å². The van der Waals surface area contributed by atoms with Crippen LogP contribution in [-0.2, 0) is 0 Å². The molecule has 0 spiro atoms. The van der Waals surface area contributed by atoms with Crippen LogP contribution < -0.4 is 4.74 Å². The van der Waals surface area contributed by atoms with E-state index in [1.165, 1.54) is 5.56 Å². The Labute approximate surface area is 111 Å². The van der Waals surface area contributed by atoms with E-state index in [1.54, 1.807) is 0 Å². The van der Waals surface area contributed by atoms with Crippen molar-refractivity contribution < 1.29 is 4.74 Å². The fourth-order valence-corrected chi connectivity index (χ4v) is 2.04. The summed E-state index contributed by atoms with van der Waals surface area (Å²) in [6, 6.07) is 8.17. The molecule has 18 heavy (non-hydrogen) atoms. The zero-order valence-corrected chi connectivity index (χ0v) is 12.1. The molecular formula is C15H24N2O. The Morgan fingerprint density at radius 3 is 2.22 bits per heavy atom. The number of benzene rings is 1. The van der Waals surface area contributed by atoms with E-state index in [2.05, 4.69) is 50.6 Å². The minimum Gasteiger partial charge on any atom is -0.489 e. The Morgan fingerprint density at radius 2 is 1.72 bits per heavy atom. The van der Waals surface area contributed by atoms with Gasteiger partial charge in [0.2, 0.25) is 0 Å². The van der Waals surface area contributed by atoms with Crippen LogP contribution >= 0.6 is 0 Å².